The van der Waals surface area contributed by atoms with E-state index in [0.717, 1.165) is 33.8 Å². The maximum Gasteiger partial charge on any atom is 0.145 e. The zero-order valence-corrected chi connectivity index (χ0v) is 30.6. The van der Waals surface area contributed by atoms with Crippen molar-refractivity contribution in [3.8, 4) is 33.9 Å². The summed E-state index contributed by atoms with van der Waals surface area (Å²) in [5.41, 5.74) is 13.2. The molecule has 0 fully saturated rings. The largest absolute Gasteiger partial charge is 0.309 e. The molecule has 1 aliphatic carbocycles. The van der Waals surface area contributed by atoms with Crippen LogP contribution in [0.25, 0.3) is 99.0 Å². The average Bonchev–Trinajstić information content (AvgIpc) is 3.87. The van der Waals surface area contributed by atoms with Crippen LogP contribution < -0.4 is 0 Å². The molecular formula is C52H35N3. The third kappa shape index (κ3) is 4.13. The van der Waals surface area contributed by atoms with Crippen molar-refractivity contribution in [2.24, 2.45) is 0 Å². The second-order valence-electron chi connectivity index (χ2n) is 15.5. The van der Waals surface area contributed by atoms with E-state index < -0.39 is 0 Å². The van der Waals surface area contributed by atoms with Crippen LogP contribution in [0.15, 0.2) is 176 Å². The van der Waals surface area contributed by atoms with Gasteiger partial charge in [0.25, 0.3) is 0 Å². The molecule has 12 rings (SSSR count). The lowest BCUT2D eigenvalue weighted by atomic mass is 9.81. The zero-order valence-electron chi connectivity index (χ0n) is 30.6. The summed E-state index contributed by atoms with van der Waals surface area (Å²) in [7, 11) is 0. The number of aromatic nitrogens is 3. The van der Waals surface area contributed by atoms with Crippen LogP contribution in [0.2, 0.25) is 0 Å². The van der Waals surface area contributed by atoms with Crippen LogP contribution in [0.4, 0.5) is 0 Å². The summed E-state index contributed by atoms with van der Waals surface area (Å²) in [6.07, 6.45) is 0. The Kier molecular flexibility index (Phi) is 6.12. The molecule has 0 N–H and O–H groups in total. The molecule has 9 aromatic carbocycles. The van der Waals surface area contributed by atoms with Gasteiger partial charge in [-0.15, -0.1) is 0 Å². The SMILES string of the molecule is CC1(C)c2ccccc2-c2cc3c4ccccc4c4c(ccc5c6ccccc6n(-c6cccc(-c7nc8ccccc8n7-c7ccccc7)c6)c54)c3cc21. The summed E-state index contributed by atoms with van der Waals surface area (Å²) in [6, 6.07) is 64.5. The molecule has 3 heteroatoms. The smallest absolute Gasteiger partial charge is 0.145 e. The third-order valence-electron chi connectivity index (χ3n) is 12.3. The molecule has 11 aromatic rings. The zero-order chi connectivity index (χ0) is 36.4. The Bertz CT molecular complexity index is 3400. The van der Waals surface area contributed by atoms with E-state index >= 15 is 0 Å². The van der Waals surface area contributed by atoms with Gasteiger partial charge in [0, 0.05) is 38.5 Å². The first kappa shape index (κ1) is 30.5. The van der Waals surface area contributed by atoms with Crippen molar-refractivity contribution in [2.75, 3.05) is 0 Å². The van der Waals surface area contributed by atoms with E-state index in [0.29, 0.717) is 0 Å². The first-order valence-corrected chi connectivity index (χ1v) is 19.1. The lowest BCUT2D eigenvalue weighted by Gasteiger charge is -2.22. The number of para-hydroxylation sites is 4. The minimum atomic E-state index is -0.0895. The molecule has 2 heterocycles. The molecule has 0 spiro atoms. The molecule has 55 heavy (non-hydrogen) atoms. The van der Waals surface area contributed by atoms with E-state index in [2.05, 4.69) is 199 Å². The summed E-state index contributed by atoms with van der Waals surface area (Å²) in [6.45, 7) is 4.75. The minimum Gasteiger partial charge on any atom is -0.309 e. The summed E-state index contributed by atoms with van der Waals surface area (Å²) in [4.78, 5) is 5.24. The van der Waals surface area contributed by atoms with Gasteiger partial charge in [-0.25, -0.2) is 4.98 Å². The lowest BCUT2D eigenvalue weighted by molar-refractivity contribution is 0.661. The fourth-order valence-corrected chi connectivity index (χ4v) is 9.79. The van der Waals surface area contributed by atoms with Crippen LogP contribution >= 0.6 is 0 Å². The highest BCUT2D eigenvalue weighted by molar-refractivity contribution is 6.34. The predicted molar refractivity (Wildman–Crippen MR) is 231 cm³/mol. The highest BCUT2D eigenvalue weighted by Gasteiger charge is 2.36. The van der Waals surface area contributed by atoms with E-state index in [1.54, 1.807) is 0 Å². The highest BCUT2D eigenvalue weighted by Crippen LogP contribution is 2.52. The van der Waals surface area contributed by atoms with Crippen molar-refractivity contribution in [3.63, 3.8) is 0 Å². The van der Waals surface area contributed by atoms with Crippen LogP contribution in [-0.2, 0) is 5.41 Å². The molecule has 258 valence electrons. The molecule has 3 nitrogen and oxygen atoms in total. The summed E-state index contributed by atoms with van der Waals surface area (Å²) < 4.78 is 4.78. The molecule has 2 aromatic heterocycles. The third-order valence-corrected chi connectivity index (χ3v) is 12.3. The van der Waals surface area contributed by atoms with Crippen molar-refractivity contribution >= 4 is 65.2 Å². The number of hydrogen-bond donors (Lipinski definition) is 0. The Morgan fingerprint density at radius 1 is 0.418 bits per heavy atom. The summed E-state index contributed by atoms with van der Waals surface area (Å²) >= 11 is 0. The van der Waals surface area contributed by atoms with Gasteiger partial charge < -0.3 is 4.57 Å². The molecule has 0 radical (unpaired) electrons. The Morgan fingerprint density at radius 3 is 1.95 bits per heavy atom. The highest BCUT2D eigenvalue weighted by atomic mass is 15.1. The fraction of sp³-hybridized carbons (Fsp3) is 0.0577. The van der Waals surface area contributed by atoms with Gasteiger partial charge in [0.2, 0.25) is 0 Å². The normalized spacial score (nSPS) is 13.4. The number of fused-ring (bicyclic) bond motifs is 14. The summed E-state index contributed by atoms with van der Waals surface area (Å²) in [5, 5.41) is 10.2. The molecule has 1 aliphatic rings. The Balaban J connectivity index is 1.19. The monoisotopic (exact) mass is 701 g/mol. The number of imidazole rings is 1. The van der Waals surface area contributed by atoms with Gasteiger partial charge in [-0.3, -0.25) is 4.57 Å². The Labute approximate surface area is 318 Å². The maximum absolute atomic E-state index is 5.24. The van der Waals surface area contributed by atoms with E-state index in [1.165, 1.54) is 76.4 Å². The van der Waals surface area contributed by atoms with E-state index in [1.807, 2.05) is 0 Å². The van der Waals surface area contributed by atoms with Crippen LogP contribution in [0.5, 0.6) is 0 Å². The van der Waals surface area contributed by atoms with Crippen LogP contribution in [0.3, 0.4) is 0 Å². The molecular weight excluding hydrogens is 667 g/mol. The quantitative estimate of drug-likeness (QED) is 0.168. The van der Waals surface area contributed by atoms with Gasteiger partial charge in [-0.2, -0.15) is 0 Å². The molecule has 0 unspecified atom stereocenters. The lowest BCUT2D eigenvalue weighted by Crippen LogP contribution is -2.14. The van der Waals surface area contributed by atoms with E-state index in [9.17, 15) is 0 Å². The molecule has 0 atom stereocenters. The molecule has 0 amide bonds. The first-order chi connectivity index (χ1) is 27.1. The molecule has 0 saturated heterocycles. The molecule has 0 aliphatic heterocycles. The second-order valence-corrected chi connectivity index (χ2v) is 15.5. The van der Waals surface area contributed by atoms with Crippen molar-refractivity contribution in [2.45, 2.75) is 19.3 Å². The molecule has 0 bridgehead atoms. The van der Waals surface area contributed by atoms with Crippen molar-refractivity contribution < 1.29 is 0 Å². The number of hydrogen-bond acceptors (Lipinski definition) is 1. The Morgan fingerprint density at radius 2 is 1.07 bits per heavy atom. The van der Waals surface area contributed by atoms with Gasteiger partial charge >= 0.3 is 0 Å². The summed E-state index contributed by atoms with van der Waals surface area (Å²) in [5.74, 6) is 0.925. The van der Waals surface area contributed by atoms with Crippen molar-refractivity contribution in [3.05, 3.63) is 187 Å². The molecule has 0 saturated carbocycles. The predicted octanol–water partition coefficient (Wildman–Crippen LogP) is 13.6. The van der Waals surface area contributed by atoms with Crippen LogP contribution in [-0.4, -0.2) is 14.1 Å². The number of benzene rings is 9. The van der Waals surface area contributed by atoms with Gasteiger partial charge in [0.05, 0.1) is 22.1 Å². The van der Waals surface area contributed by atoms with Crippen molar-refractivity contribution in [1.82, 2.24) is 14.1 Å². The fourth-order valence-electron chi connectivity index (χ4n) is 9.79. The van der Waals surface area contributed by atoms with Gasteiger partial charge in [0.15, 0.2) is 0 Å². The number of nitrogens with zero attached hydrogens (tertiary/aromatic N) is 3. The average molecular weight is 702 g/mol. The van der Waals surface area contributed by atoms with E-state index in [4.69, 9.17) is 4.98 Å². The maximum atomic E-state index is 5.24. The van der Waals surface area contributed by atoms with Crippen LogP contribution in [0, 0.1) is 0 Å². The number of rotatable bonds is 3. The van der Waals surface area contributed by atoms with E-state index in [-0.39, 0.29) is 5.41 Å². The Hall–Kier alpha value is -6.97. The van der Waals surface area contributed by atoms with Crippen LogP contribution in [0.1, 0.15) is 25.0 Å². The van der Waals surface area contributed by atoms with Gasteiger partial charge in [-0.1, -0.05) is 135 Å². The van der Waals surface area contributed by atoms with Gasteiger partial charge in [-0.05, 0) is 104 Å². The standard InChI is InChI=1S/C52H35N3/c1-52(2)44-23-10-8-20-36(44)43-30-41-35-19-6-7-22-38(35)49-39(42(41)31-45(43)52)27-28-40-37-21-9-12-25-47(37)54(50(40)49)34-18-14-15-32(29-34)51-53-46-24-11-13-26-48(46)55(51)33-16-4-3-5-17-33/h3-31H,1-2H3. The second kappa shape index (κ2) is 11.0. The first-order valence-electron chi connectivity index (χ1n) is 19.1. The van der Waals surface area contributed by atoms with Gasteiger partial charge in [0.1, 0.15) is 5.82 Å². The minimum absolute atomic E-state index is 0.0895. The topological polar surface area (TPSA) is 22.8 Å². The van der Waals surface area contributed by atoms with Crippen molar-refractivity contribution in [1.29, 1.82) is 0 Å².